The maximum atomic E-state index is 12.3. The molecular formula is C10H12FIO. The molecule has 0 aliphatic carbocycles. The molecule has 0 amide bonds. The van der Waals surface area contributed by atoms with Crippen LogP contribution in [0.1, 0.15) is 12.0 Å². The molecule has 1 aromatic rings. The molecule has 0 spiro atoms. The van der Waals surface area contributed by atoms with E-state index in [1.165, 1.54) is 0 Å². The maximum absolute atomic E-state index is 12.3. The van der Waals surface area contributed by atoms with Gasteiger partial charge in [0.2, 0.25) is 0 Å². The van der Waals surface area contributed by atoms with Gasteiger partial charge in [-0.15, -0.1) is 0 Å². The Hall–Kier alpha value is -0.160. The van der Waals surface area contributed by atoms with Crippen LogP contribution in [-0.4, -0.2) is 10.8 Å². The van der Waals surface area contributed by atoms with E-state index < -0.39 is 4.18 Å². The van der Waals surface area contributed by atoms with Crippen LogP contribution in [0.2, 0.25) is 0 Å². The summed E-state index contributed by atoms with van der Waals surface area (Å²) in [5, 5.41) is 0. The Kier molecular flexibility index (Phi) is 5.31. The highest BCUT2D eigenvalue weighted by molar-refractivity contribution is 14.1. The Morgan fingerprint density at radius 2 is 2.00 bits per heavy atom. The summed E-state index contributed by atoms with van der Waals surface area (Å²) in [6.07, 6.45) is 0.466. The summed E-state index contributed by atoms with van der Waals surface area (Å²) in [6, 6.07) is 9.89. The van der Waals surface area contributed by atoms with Gasteiger partial charge in [0.15, 0.2) is 4.18 Å². The van der Waals surface area contributed by atoms with Crippen molar-refractivity contribution in [1.29, 1.82) is 0 Å². The zero-order valence-electron chi connectivity index (χ0n) is 7.25. The van der Waals surface area contributed by atoms with Gasteiger partial charge in [-0.05, 0) is 28.2 Å². The quantitative estimate of drug-likeness (QED) is 0.460. The summed E-state index contributed by atoms with van der Waals surface area (Å²) < 4.78 is 16.8. The van der Waals surface area contributed by atoms with Gasteiger partial charge in [0.1, 0.15) is 0 Å². The number of ether oxygens (including phenoxy) is 1. The number of benzene rings is 1. The molecule has 3 heteroatoms. The lowest BCUT2D eigenvalue weighted by atomic mass is 10.2. The molecule has 0 unspecified atom stereocenters. The van der Waals surface area contributed by atoms with Crippen LogP contribution in [-0.2, 0) is 11.3 Å². The van der Waals surface area contributed by atoms with Gasteiger partial charge in [-0.1, -0.05) is 30.3 Å². The lowest BCUT2D eigenvalue weighted by Gasteiger charge is -2.03. The fourth-order valence-electron chi connectivity index (χ4n) is 0.937. The molecule has 0 aliphatic heterocycles. The maximum Gasteiger partial charge on any atom is 0.153 e. The van der Waals surface area contributed by atoms with Crippen LogP contribution >= 0.6 is 22.6 Å². The highest BCUT2D eigenvalue weighted by atomic mass is 127. The van der Waals surface area contributed by atoms with E-state index in [2.05, 4.69) is 0 Å². The molecule has 1 aromatic carbocycles. The summed E-state index contributed by atoms with van der Waals surface area (Å²) in [5.41, 5.74) is 1.13. The third-order valence-corrected chi connectivity index (χ3v) is 2.21. The molecule has 0 radical (unpaired) electrons. The van der Waals surface area contributed by atoms with Crippen molar-refractivity contribution in [2.45, 2.75) is 17.2 Å². The van der Waals surface area contributed by atoms with Crippen LogP contribution in [0.4, 0.5) is 4.39 Å². The minimum Gasteiger partial charge on any atom is -0.377 e. The van der Waals surface area contributed by atoms with Crippen LogP contribution < -0.4 is 0 Å². The van der Waals surface area contributed by atoms with Crippen molar-refractivity contribution in [3.8, 4) is 0 Å². The smallest absolute Gasteiger partial charge is 0.153 e. The van der Waals surface area contributed by atoms with Gasteiger partial charge in [0.25, 0.3) is 0 Å². The zero-order chi connectivity index (χ0) is 9.52. The molecule has 0 N–H and O–H groups in total. The first-order chi connectivity index (χ1) is 6.29. The van der Waals surface area contributed by atoms with Crippen molar-refractivity contribution in [2.24, 2.45) is 0 Å². The van der Waals surface area contributed by atoms with E-state index in [9.17, 15) is 4.39 Å². The number of rotatable bonds is 5. The van der Waals surface area contributed by atoms with Crippen molar-refractivity contribution in [3.05, 3.63) is 35.9 Å². The van der Waals surface area contributed by atoms with Crippen molar-refractivity contribution < 1.29 is 9.13 Å². The van der Waals surface area contributed by atoms with Gasteiger partial charge >= 0.3 is 0 Å². The van der Waals surface area contributed by atoms with E-state index in [0.717, 1.165) is 5.56 Å². The molecule has 1 nitrogen and oxygen atoms in total. The first-order valence-electron chi connectivity index (χ1n) is 4.19. The van der Waals surface area contributed by atoms with E-state index in [4.69, 9.17) is 4.74 Å². The summed E-state index contributed by atoms with van der Waals surface area (Å²) in [4.78, 5) is 0. The van der Waals surface area contributed by atoms with Crippen LogP contribution in [0.3, 0.4) is 0 Å². The highest BCUT2D eigenvalue weighted by Gasteiger charge is 1.98. The molecule has 72 valence electrons. The average Bonchev–Trinajstić information content (AvgIpc) is 2.14. The second-order valence-electron chi connectivity index (χ2n) is 2.72. The monoisotopic (exact) mass is 294 g/mol. The predicted molar refractivity (Wildman–Crippen MR) is 59.6 cm³/mol. The van der Waals surface area contributed by atoms with Gasteiger partial charge in [0, 0.05) is 6.42 Å². The number of hydrogen-bond acceptors (Lipinski definition) is 1. The molecule has 1 rings (SSSR count). The molecule has 0 saturated carbocycles. The molecule has 13 heavy (non-hydrogen) atoms. The first kappa shape index (κ1) is 10.9. The van der Waals surface area contributed by atoms with E-state index >= 15 is 0 Å². The lowest BCUT2D eigenvalue weighted by molar-refractivity contribution is 0.112. The minimum atomic E-state index is -0.798. The van der Waals surface area contributed by atoms with E-state index in [1.807, 2.05) is 30.3 Å². The second kappa shape index (κ2) is 6.32. The van der Waals surface area contributed by atoms with Crippen LogP contribution in [0.5, 0.6) is 0 Å². The van der Waals surface area contributed by atoms with Gasteiger partial charge in [0.05, 0.1) is 13.2 Å². The Morgan fingerprint density at radius 3 is 2.62 bits per heavy atom. The number of halogens is 2. The summed E-state index contributed by atoms with van der Waals surface area (Å²) in [5.74, 6) is 0. The third-order valence-electron chi connectivity index (χ3n) is 1.59. The van der Waals surface area contributed by atoms with Crippen LogP contribution in [0, 0.1) is 0 Å². The van der Waals surface area contributed by atoms with Gasteiger partial charge < -0.3 is 4.74 Å². The van der Waals surface area contributed by atoms with Crippen molar-refractivity contribution in [3.63, 3.8) is 0 Å². The van der Waals surface area contributed by atoms with Gasteiger partial charge in [-0.2, -0.15) is 0 Å². The average molecular weight is 294 g/mol. The second-order valence-corrected chi connectivity index (χ2v) is 4.07. The van der Waals surface area contributed by atoms with Crippen molar-refractivity contribution in [1.82, 2.24) is 0 Å². The standard InChI is InChI=1S/C10H12FIO/c11-10(12)6-7-13-8-9-4-2-1-3-5-9/h1-5,10H,6-8H2/t10-/m0/s1. The zero-order valence-corrected chi connectivity index (χ0v) is 9.41. The molecule has 0 saturated heterocycles. The van der Waals surface area contributed by atoms with Crippen LogP contribution in [0.25, 0.3) is 0 Å². The number of hydrogen-bond donors (Lipinski definition) is 0. The molecule has 0 fully saturated rings. The van der Waals surface area contributed by atoms with Crippen molar-refractivity contribution >= 4 is 22.6 Å². The van der Waals surface area contributed by atoms with Crippen LogP contribution in [0.15, 0.2) is 30.3 Å². The predicted octanol–water partition coefficient (Wildman–Crippen LogP) is 3.32. The fourth-order valence-corrected chi connectivity index (χ4v) is 1.19. The summed E-state index contributed by atoms with van der Waals surface area (Å²) in [6.45, 7) is 1.06. The summed E-state index contributed by atoms with van der Waals surface area (Å²) >= 11 is 1.75. The fraction of sp³-hybridized carbons (Fsp3) is 0.400. The molecule has 0 bridgehead atoms. The Balaban J connectivity index is 2.13. The SMILES string of the molecule is F[C@@H](I)CCOCc1ccccc1. The molecule has 0 aliphatic rings. The molecule has 1 atom stereocenters. The normalized spacial score (nSPS) is 12.8. The lowest BCUT2D eigenvalue weighted by Crippen LogP contribution is -1.99. The minimum absolute atomic E-state index is 0.466. The van der Waals surface area contributed by atoms with Gasteiger partial charge in [-0.3, -0.25) is 0 Å². The van der Waals surface area contributed by atoms with E-state index in [1.54, 1.807) is 22.6 Å². The molecular weight excluding hydrogens is 282 g/mol. The highest BCUT2D eigenvalue weighted by Crippen LogP contribution is 2.07. The molecule has 0 heterocycles. The third kappa shape index (κ3) is 5.21. The Labute approximate surface area is 91.4 Å². The topological polar surface area (TPSA) is 9.23 Å². The summed E-state index contributed by atoms with van der Waals surface area (Å²) in [7, 11) is 0. The van der Waals surface area contributed by atoms with E-state index in [-0.39, 0.29) is 0 Å². The molecule has 0 aromatic heterocycles. The van der Waals surface area contributed by atoms with Gasteiger partial charge in [-0.25, -0.2) is 4.39 Å². The van der Waals surface area contributed by atoms with E-state index in [0.29, 0.717) is 19.6 Å². The van der Waals surface area contributed by atoms with Crippen molar-refractivity contribution in [2.75, 3.05) is 6.61 Å². The first-order valence-corrected chi connectivity index (χ1v) is 5.43. The Bertz CT molecular complexity index is 226. The Morgan fingerprint density at radius 1 is 1.31 bits per heavy atom. The largest absolute Gasteiger partial charge is 0.377 e. The number of alkyl halides is 2.